The molecule has 2 atom stereocenters. The predicted octanol–water partition coefficient (Wildman–Crippen LogP) is 4.06. The molecule has 0 saturated carbocycles. The Labute approximate surface area is 113 Å². The van der Waals surface area contributed by atoms with Gasteiger partial charge in [-0.15, -0.1) is 11.6 Å². The van der Waals surface area contributed by atoms with E-state index in [-0.39, 0.29) is 10.8 Å². The zero-order chi connectivity index (χ0) is 12.9. The fourth-order valence-corrected chi connectivity index (χ4v) is 3.39. The average molecular weight is 267 g/mol. The number of alkyl halides is 1. The number of hydrogen-bond acceptors (Lipinski definition) is 2. The van der Waals surface area contributed by atoms with Crippen LogP contribution >= 0.6 is 11.6 Å². The van der Waals surface area contributed by atoms with Crippen LogP contribution in [0.4, 0.5) is 0 Å². The van der Waals surface area contributed by atoms with Crippen LogP contribution in [0.1, 0.15) is 43.7 Å². The van der Waals surface area contributed by atoms with Gasteiger partial charge in [-0.1, -0.05) is 20.8 Å². The Hall–Kier alpha value is -0.890. The minimum Gasteiger partial charge on any atom is -0.489 e. The molecular weight excluding hydrogens is 248 g/mol. The first-order valence-electron chi connectivity index (χ1n) is 6.55. The molecule has 2 unspecified atom stereocenters. The Morgan fingerprint density at radius 1 is 1.17 bits per heavy atom. The fourth-order valence-electron chi connectivity index (χ4n) is 2.83. The number of halogens is 1. The van der Waals surface area contributed by atoms with Gasteiger partial charge in [0.25, 0.3) is 0 Å². The molecule has 18 heavy (non-hydrogen) atoms. The van der Waals surface area contributed by atoms with E-state index in [1.54, 1.807) is 0 Å². The Bertz CT molecular complexity index is 482. The molecule has 1 aromatic rings. The van der Waals surface area contributed by atoms with E-state index in [1.165, 1.54) is 11.1 Å². The van der Waals surface area contributed by atoms with Crippen LogP contribution in [-0.4, -0.2) is 13.2 Å². The van der Waals surface area contributed by atoms with Crippen LogP contribution in [0, 0.1) is 5.92 Å². The summed E-state index contributed by atoms with van der Waals surface area (Å²) in [5.41, 5.74) is 2.64. The molecule has 1 aromatic carbocycles. The number of hydrogen-bond donors (Lipinski definition) is 0. The van der Waals surface area contributed by atoms with Crippen LogP contribution in [-0.2, 0) is 5.41 Å². The number of rotatable bonds is 0. The van der Waals surface area contributed by atoms with Crippen LogP contribution in [0.25, 0.3) is 0 Å². The summed E-state index contributed by atoms with van der Waals surface area (Å²) in [6, 6.07) is 4.21. The molecule has 2 aliphatic rings. The van der Waals surface area contributed by atoms with Crippen LogP contribution in [0.3, 0.4) is 0 Å². The maximum atomic E-state index is 6.44. The molecule has 0 N–H and O–H groups in total. The Morgan fingerprint density at radius 2 is 1.78 bits per heavy atom. The van der Waals surface area contributed by atoms with E-state index in [2.05, 4.69) is 32.9 Å². The van der Waals surface area contributed by atoms with E-state index in [9.17, 15) is 0 Å². The van der Waals surface area contributed by atoms with Gasteiger partial charge in [-0.2, -0.15) is 0 Å². The highest BCUT2D eigenvalue weighted by molar-refractivity contribution is 6.21. The Kier molecular flexibility index (Phi) is 2.74. The topological polar surface area (TPSA) is 18.5 Å². The molecular formula is C15H19ClO2. The summed E-state index contributed by atoms with van der Waals surface area (Å²) in [7, 11) is 0. The summed E-state index contributed by atoms with van der Waals surface area (Å²) >= 11 is 6.44. The molecule has 0 aromatic heterocycles. The van der Waals surface area contributed by atoms with Crippen molar-refractivity contribution in [2.75, 3.05) is 13.2 Å². The molecule has 98 valence electrons. The second kappa shape index (κ2) is 4.06. The molecule has 1 aliphatic carbocycles. The molecule has 3 rings (SSSR count). The lowest BCUT2D eigenvalue weighted by molar-refractivity contribution is 0.228. The number of ether oxygens (including phenoxy) is 2. The smallest absolute Gasteiger partial charge is 0.161 e. The molecule has 0 radical (unpaired) electrons. The minimum absolute atomic E-state index is 0.0876. The third-order valence-electron chi connectivity index (χ3n) is 3.92. The molecule has 0 amide bonds. The predicted molar refractivity (Wildman–Crippen MR) is 72.8 cm³/mol. The molecule has 1 heterocycles. The summed E-state index contributed by atoms with van der Waals surface area (Å²) < 4.78 is 11.7. The molecule has 0 fully saturated rings. The van der Waals surface area contributed by atoms with E-state index in [0.717, 1.165) is 24.5 Å². The van der Waals surface area contributed by atoms with Crippen molar-refractivity contribution in [2.24, 2.45) is 5.92 Å². The van der Waals surface area contributed by atoms with Crippen LogP contribution in [0.15, 0.2) is 12.1 Å². The van der Waals surface area contributed by atoms with Crippen molar-refractivity contribution in [1.82, 2.24) is 0 Å². The summed E-state index contributed by atoms with van der Waals surface area (Å²) in [4.78, 5) is 0. The Balaban J connectivity index is 2.07. The second-order valence-corrected chi connectivity index (χ2v) is 6.70. The second-order valence-electron chi connectivity index (χ2n) is 6.17. The standard InChI is InChI=1S/C15H19ClO2/c1-9-7-17-13-4-10-11(5-14(13)18-8-9)15(2,3)6-12(10)16/h4-5,9,12H,6-8H2,1-3H3. The van der Waals surface area contributed by atoms with Crippen LogP contribution in [0.2, 0.25) is 0 Å². The third-order valence-corrected chi connectivity index (χ3v) is 4.31. The van der Waals surface area contributed by atoms with Gasteiger partial charge in [0.1, 0.15) is 0 Å². The third kappa shape index (κ3) is 1.87. The van der Waals surface area contributed by atoms with Crippen molar-refractivity contribution in [3.63, 3.8) is 0 Å². The van der Waals surface area contributed by atoms with E-state index >= 15 is 0 Å². The minimum atomic E-state index is 0.0876. The quantitative estimate of drug-likeness (QED) is 0.660. The highest BCUT2D eigenvalue weighted by Crippen LogP contribution is 2.51. The fraction of sp³-hybridized carbons (Fsp3) is 0.600. The van der Waals surface area contributed by atoms with E-state index in [4.69, 9.17) is 21.1 Å². The highest BCUT2D eigenvalue weighted by atomic mass is 35.5. The molecule has 0 spiro atoms. The zero-order valence-corrected chi connectivity index (χ0v) is 11.9. The van der Waals surface area contributed by atoms with E-state index < -0.39 is 0 Å². The van der Waals surface area contributed by atoms with E-state index in [0.29, 0.717) is 12.5 Å². The first kappa shape index (κ1) is 12.2. The van der Waals surface area contributed by atoms with Gasteiger partial charge in [0, 0.05) is 5.92 Å². The first-order chi connectivity index (χ1) is 8.47. The molecule has 1 aliphatic heterocycles. The number of benzene rings is 1. The van der Waals surface area contributed by atoms with Crippen LogP contribution in [0.5, 0.6) is 11.5 Å². The largest absolute Gasteiger partial charge is 0.489 e. The SMILES string of the molecule is CC1COc2cc3c(cc2OC1)C(C)(C)CC3Cl. The molecule has 0 bridgehead atoms. The first-order valence-corrected chi connectivity index (χ1v) is 6.99. The lowest BCUT2D eigenvalue weighted by atomic mass is 9.86. The van der Waals surface area contributed by atoms with Crippen LogP contribution < -0.4 is 9.47 Å². The van der Waals surface area contributed by atoms with Crippen molar-refractivity contribution < 1.29 is 9.47 Å². The molecule has 0 saturated heterocycles. The van der Waals surface area contributed by atoms with Gasteiger partial charge in [-0.25, -0.2) is 0 Å². The summed E-state index contributed by atoms with van der Waals surface area (Å²) in [5, 5.41) is 0.0876. The lowest BCUT2D eigenvalue weighted by Crippen LogP contribution is -2.13. The van der Waals surface area contributed by atoms with Gasteiger partial charge in [0.2, 0.25) is 0 Å². The lowest BCUT2D eigenvalue weighted by Gasteiger charge is -2.20. The van der Waals surface area contributed by atoms with Gasteiger partial charge in [-0.05, 0) is 35.1 Å². The normalized spacial score (nSPS) is 28.7. The summed E-state index contributed by atoms with van der Waals surface area (Å²) in [6.45, 7) is 8.04. The van der Waals surface area contributed by atoms with Crippen molar-refractivity contribution in [3.8, 4) is 11.5 Å². The van der Waals surface area contributed by atoms with Crippen molar-refractivity contribution in [1.29, 1.82) is 0 Å². The van der Waals surface area contributed by atoms with Crippen molar-refractivity contribution in [3.05, 3.63) is 23.3 Å². The summed E-state index contributed by atoms with van der Waals surface area (Å²) in [6.07, 6.45) is 0.975. The van der Waals surface area contributed by atoms with Crippen molar-refractivity contribution >= 4 is 11.6 Å². The van der Waals surface area contributed by atoms with Gasteiger partial charge in [-0.3, -0.25) is 0 Å². The molecule has 3 heteroatoms. The highest BCUT2D eigenvalue weighted by Gasteiger charge is 2.37. The average Bonchev–Trinajstić information content (AvgIpc) is 2.47. The monoisotopic (exact) mass is 266 g/mol. The maximum Gasteiger partial charge on any atom is 0.161 e. The Morgan fingerprint density at radius 3 is 2.44 bits per heavy atom. The van der Waals surface area contributed by atoms with Gasteiger partial charge >= 0.3 is 0 Å². The molecule has 2 nitrogen and oxygen atoms in total. The maximum absolute atomic E-state index is 6.44. The van der Waals surface area contributed by atoms with Gasteiger partial charge < -0.3 is 9.47 Å². The van der Waals surface area contributed by atoms with Gasteiger partial charge in [0.15, 0.2) is 11.5 Å². The van der Waals surface area contributed by atoms with Gasteiger partial charge in [0.05, 0.1) is 18.6 Å². The zero-order valence-electron chi connectivity index (χ0n) is 11.1. The van der Waals surface area contributed by atoms with E-state index in [1.807, 2.05) is 0 Å². The number of fused-ring (bicyclic) bond motifs is 2. The van der Waals surface area contributed by atoms with Crippen molar-refractivity contribution in [2.45, 2.75) is 38.0 Å². The summed E-state index contributed by atoms with van der Waals surface area (Å²) in [5.74, 6) is 2.14.